The summed E-state index contributed by atoms with van der Waals surface area (Å²) in [5.41, 5.74) is -0.00384. The summed E-state index contributed by atoms with van der Waals surface area (Å²) in [6.07, 6.45) is 0. The number of likely N-dealkylation sites (N-methyl/N-ethyl adjacent to an activating group) is 1. The van der Waals surface area contributed by atoms with Crippen LogP contribution < -0.4 is 0 Å². The summed E-state index contributed by atoms with van der Waals surface area (Å²) >= 11 is 0. The van der Waals surface area contributed by atoms with E-state index in [1.54, 1.807) is 0 Å². The fourth-order valence-electron chi connectivity index (χ4n) is 0.850. The Hall–Kier alpha value is -0.120. The van der Waals surface area contributed by atoms with Crippen molar-refractivity contribution >= 4 is 0 Å². The molecule has 0 aromatic heterocycles. The molecular formula is C8H19NO2. The minimum absolute atomic E-state index is 0.00384. The predicted octanol–water partition coefficient (Wildman–Crippen LogP) is 0.0699. The van der Waals surface area contributed by atoms with Crippen molar-refractivity contribution in [2.45, 2.75) is 32.4 Å². The first kappa shape index (κ1) is 10.9. The van der Waals surface area contributed by atoms with E-state index in [1.165, 1.54) is 0 Å². The van der Waals surface area contributed by atoms with E-state index in [-0.39, 0.29) is 24.8 Å². The maximum absolute atomic E-state index is 8.86. The summed E-state index contributed by atoms with van der Waals surface area (Å²) in [5.74, 6) is 0. The lowest BCUT2D eigenvalue weighted by molar-refractivity contribution is 0.0364. The Morgan fingerprint density at radius 1 is 1.18 bits per heavy atom. The van der Waals surface area contributed by atoms with Gasteiger partial charge in [-0.2, -0.15) is 0 Å². The van der Waals surface area contributed by atoms with Crippen molar-refractivity contribution < 1.29 is 10.2 Å². The minimum atomic E-state index is -0.144. The lowest BCUT2D eigenvalue weighted by Crippen LogP contribution is -2.48. The lowest BCUT2D eigenvalue weighted by Gasteiger charge is -2.36. The predicted molar refractivity (Wildman–Crippen MR) is 45.5 cm³/mol. The SMILES string of the molecule is CN(C(CO)CO)C(C)(C)C. The minimum Gasteiger partial charge on any atom is -0.395 e. The summed E-state index contributed by atoms with van der Waals surface area (Å²) in [4.78, 5) is 1.97. The summed E-state index contributed by atoms with van der Waals surface area (Å²) in [6.45, 7) is 6.15. The van der Waals surface area contributed by atoms with Crippen LogP contribution in [0, 0.1) is 0 Å². The molecule has 0 aliphatic rings. The largest absolute Gasteiger partial charge is 0.395 e. The van der Waals surface area contributed by atoms with Gasteiger partial charge in [0.1, 0.15) is 0 Å². The van der Waals surface area contributed by atoms with Crippen LogP contribution in [0.3, 0.4) is 0 Å². The van der Waals surface area contributed by atoms with Crippen molar-refractivity contribution in [1.29, 1.82) is 0 Å². The Morgan fingerprint density at radius 3 is 1.64 bits per heavy atom. The second kappa shape index (κ2) is 4.04. The fourth-order valence-corrected chi connectivity index (χ4v) is 0.850. The zero-order valence-electron chi connectivity index (χ0n) is 7.83. The fraction of sp³-hybridized carbons (Fsp3) is 1.00. The maximum atomic E-state index is 8.86. The van der Waals surface area contributed by atoms with E-state index in [9.17, 15) is 0 Å². The highest BCUT2D eigenvalue weighted by Gasteiger charge is 2.23. The Bertz CT molecular complexity index is 105. The molecule has 0 rings (SSSR count). The molecule has 3 heteroatoms. The summed E-state index contributed by atoms with van der Waals surface area (Å²) in [5, 5.41) is 17.7. The maximum Gasteiger partial charge on any atom is 0.0609 e. The molecule has 0 aliphatic carbocycles. The first-order chi connectivity index (χ1) is 4.93. The molecule has 11 heavy (non-hydrogen) atoms. The van der Waals surface area contributed by atoms with Crippen LogP contribution in [0.2, 0.25) is 0 Å². The molecule has 0 saturated carbocycles. The van der Waals surface area contributed by atoms with Crippen LogP contribution in [0.4, 0.5) is 0 Å². The van der Waals surface area contributed by atoms with Gasteiger partial charge >= 0.3 is 0 Å². The molecule has 0 spiro atoms. The molecule has 0 bridgehead atoms. The molecule has 0 saturated heterocycles. The van der Waals surface area contributed by atoms with Gasteiger partial charge in [0.15, 0.2) is 0 Å². The standard InChI is InChI=1S/C8H19NO2/c1-8(2,3)9(4)7(5-10)6-11/h7,10-11H,5-6H2,1-4H3. The number of aliphatic hydroxyl groups excluding tert-OH is 2. The quantitative estimate of drug-likeness (QED) is 0.615. The molecule has 68 valence electrons. The van der Waals surface area contributed by atoms with Crippen molar-refractivity contribution in [3.63, 3.8) is 0 Å². The first-order valence-electron chi connectivity index (χ1n) is 3.88. The van der Waals surface area contributed by atoms with Gasteiger partial charge < -0.3 is 10.2 Å². The van der Waals surface area contributed by atoms with E-state index < -0.39 is 0 Å². The second-order valence-electron chi connectivity index (χ2n) is 3.80. The van der Waals surface area contributed by atoms with Crippen molar-refractivity contribution in [1.82, 2.24) is 4.90 Å². The van der Waals surface area contributed by atoms with Crippen LogP contribution in [-0.4, -0.2) is 47.0 Å². The van der Waals surface area contributed by atoms with Crippen LogP contribution >= 0.6 is 0 Å². The molecule has 0 aromatic rings. The molecule has 3 nitrogen and oxygen atoms in total. The summed E-state index contributed by atoms with van der Waals surface area (Å²) < 4.78 is 0. The van der Waals surface area contributed by atoms with Gasteiger partial charge in [0, 0.05) is 5.54 Å². The average Bonchev–Trinajstić information content (AvgIpc) is 1.88. The molecule has 0 aromatic carbocycles. The molecule has 0 atom stereocenters. The number of hydrogen-bond acceptors (Lipinski definition) is 3. The van der Waals surface area contributed by atoms with Crippen LogP contribution in [0.15, 0.2) is 0 Å². The van der Waals surface area contributed by atoms with Gasteiger partial charge in [0.05, 0.1) is 19.3 Å². The van der Waals surface area contributed by atoms with Crippen molar-refractivity contribution in [2.24, 2.45) is 0 Å². The van der Waals surface area contributed by atoms with Gasteiger partial charge in [-0.1, -0.05) is 0 Å². The molecule has 0 heterocycles. The smallest absolute Gasteiger partial charge is 0.0609 e. The monoisotopic (exact) mass is 161 g/mol. The number of hydrogen-bond donors (Lipinski definition) is 2. The van der Waals surface area contributed by atoms with Crippen LogP contribution in [-0.2, 0) is 0 Å². The van der Waals surface area contributed by atoms with Gasteiger partial charge in [-0.25, -0.2) is 0 Å². The zero-order chi connectivity index (χ0) is 9.07. The first-order valence-corrected chi connectivity index (χ1v) is 3.88. The van der Waals surface area contributed by atoms with Crippen LogP contribution in [0.25, 0.3) is 0 Å². The van der Waals surface area contributed by atoms with Crippen molar-refractivity contribution in [3.05, 3.63) is 0 Å². The van der Waals surface area contributed by atoms with Gasteiger partial charge in [-0.15, -0.1) is 0 Å². The Morgan fingerprint density at radius 2 is 1.55 bits per heavy atom. The molecule has 0 unspecified atom stereocenters. The van der Waals surface area contributed by atoms with E-state index in [2.05, 4.69) is 0 Å². The highest BCUT2D eigenvalue weighted by atomic mass is 16.3. The normalized spacial score (nSPS) is 13.1. The third-order valence-corrected chi connectivity index (χ3v) is 2.03. The zero-order valence-corrected chi connectivity index (χ0v) is 7.83. The van der Waals surface area contributed by atoms with E-state index >= 15 is 0 Å². The number of nitrogens with zero attached hydrogens (tertiary/aromatic N) is 1. The van der Waals surface area contributed by atoms with Crippen LogP contribution in [0.5, 0.6) is 0 Å². The molecule has 0 radical (unpaired) electrons. The van der Waals surface area contributed by atoms with Gasteiger partial charge in [-0.05, 0) is 27.8 Å². The van der Waals surface area contributed by atoms with E-state index in [1.807, 2.05) is 32.7 Å². The highest BCUT2D eigenvalue weighted by molar-refractivity contribution is 4.79. The Kier molecular flexibility index (Phi) is 4.00. The third-order valence-electron chi connectivity index (χ3n) is 2.03. The van der Waals surface area contributed by atoms with Gasteiger partial charge in [-0.3, -0.25) is 4.90 Å². The topological polar surface area (TPSA) is 43.7 Å². The van der Waals surface area contributed by atoms with Gasteiger partial charge in [0.25, 0.3) is 0 Å². The molecular weight excluding hydrogens is 142 g/mol. The Labute approximate surface area is 68.6 Å². The average molecular weight is 161 g/mol. The van der Waals surface area contributed by atoms with Crippen molar-refractivity contribution in [2.75, 3.05) is 20.3 Å². The van der Waals surface area contributed by atoms with Gasteiger partial charge in [0.2, 0.25) is 0 Å². The molecule has 0 fully saturated rings. The highest BCUT2D eigenvalue weighted by Crippen LogP contribution is 2.13. The molecule has 2 N–H and O–H groups in total. The Balaban J connectivity index is 4.09. The van der Waals surface area contributed by atoms with E-state index in [0.717, 1.165) is 0 Å². The number of aliphatic hydroxyl groups is 2. The number of rotatable bonds is 3. The second-order valence-corrected chi connectivity index (χ2v) is 3.80. The molecule has 0 amide bonds. The lowest BCUT2D eigenvalue weighted by atomic mass is 10.0. The van der Waals surface area contributed by atoms with Crippen LogP contribution in [0.1, 0.15) is 20.8 Å². The van der Waals surface area contributed by atoms with E-state index in [0.29, 0.717) is 0 Å². The molecule has 0 aliphatic heterocycles. The van der Waals surface area contributed by atoms with Crippen molar-refractivity contribution in [3.8, 4) is 0 Å². The van der Waals surface area contributed by atoms with E-state index in [4.69, 9.17) is 10.2 Å². The third kappa shape index (κ3) is 3.18. The summed E-state index contributed by atoms with van der Waals surface area (Å²) in [6, 6.07) is -0.144. The summed E-state index contributed by atoms with van der Waals surface area (Å²) in [7, 11) is 1.90.